The maximum absolute atomic E-state index is 12.2. The summed E-state index contributed by atoms with van der Waals surface area (Å²) in [5.41, 5.74) is -0.542. The molecule has 0 saturated carbocycles. The fraction of sp³-hybridized carbons (Fsp3) is 0.429. The van der Waals surface area contributed by atoms with E-state index in [2.05, 4.69) is 5.32 Å². The Hall–Kier alpha value is -3.21. The monoisotopic (exact) mass is 525 g/mol. The molecule has 2 aliphatic rings. The maximum Gasteiger partial charge on any atom is 0.299 e. The van der Waals surface area contributed by atoms with E-state index in [0.29, 0.717) is 5.56 Å². The standard InChI is InChI=1S/C21H23N3O11S/c1-31-21-17(22-14-9-8-13(23(25)26)10-15(14)24(27)28)19(35-36(2,29)30)18-16(33-21)11-32-20(34-18)12-6-4-3-5-7-12/h3-10,16-22H,11H2,1-2H3/t16-,17-,18-,19-,20+,21-/m1/s1. The molecule has 2 aliphatic heterocycles. The number of non-ortho nitro benzene ring substituents is 1. The number of hydrogen-bond donors (Lipinski definition) is 1. The van der Waals surface area contributed by atoms with Gasteiger partial charge in [0.15, 0.2) is 12.6 Å². The van der Waals surface area contributed by atoms with E-state index in [9.17, 15) is 28.6 Å². The summed E-state index contributed by atoms with van der Waals surface area (Å²) in [6.07, 6.45) is -4.18. The molecule has 0 aromatic heterocycles. The fourth-order valence-electron chi connectivity index (χ4n) is 4.11. The second kappa shape index (κ2) is 10.4. The predicted molar refractivity (Wildman–Crippen MR) is 123 cm³/mol. The van der Waals surface area contributed by atoms with Gasteiger partial charge in [-0.2, -0.15) is 8.42 Å². The molecule has 2 aromatic rings. The summed E-state index contributed by atoms with van der Waals surface area (Å²) in [4.78, 5) is 21.2. The normalized spacial score (nSPS) is 28.2. The average molecular weight is 525 g/mol. The zero-order chi connectivity index (χ0) is 26.0. The predicted octanol–water partition coefficient (Wildman–Crippen LogP) is 2.11. The first-order valence-electron chi connectivity index (χ1n) is 10.7. The molecule has 14 nitrogen and oxygen atoms in total. The molecule has 6 atom stereocenters. The van der Waals surface area contributed by atoms with E-state index in [-0.39, 0.29) is 12.3 Å². The lowest BCUT2D eigenvalue weighted by Gasteiger charge is -2.48. The summed E-state index contributed by atoms with van der Waals surface area (Å²) in [5, 5.41) is 25.6. The number of nitrogens with one attached hydrogen (secondary N) is 1. The molecule has 36 heavy (non-hydrogen) atoms. The van der Waals surface area contributed by atoms with Crippen LogP contribution in [0.5, 0.6) is 0 Å². The van der Waals surface area contributed by atoms with Crippen LogP contribution in [0.3, 0.4) is 0 Å². The minimum absolute atomic E-state index is 0.0259. The summed E-state index contributed by atoms with van der Waals surface area (Å²) in [6.45, 7) is 0.0259. The second-order valence-corrected chi connectivity index (χ2v) is 9.71. The lowest BCUT2D eigenvalue weighted by Crippen LogP contribution is -2.65. The number of nitro groups is 2. The first kappa shape index (κ1) is 25.9. The van der Waals surface area contributed by atoms with Crippen LogP contribution in [0.4, 0.5) is 17.1 Å². The number of rotatable bonds is 8. The van der Waals surface area contributed by atoms with Gasteiger partial charge < -0.3 is 24.3 Å². The summed E-state index contributed by atoms with van der Waals surface area (Å²) in [7, 11) is -2.75. The third-order valence-electron chi connectivity index (χ3n) is 5.64. The number of nitrogens with zero attached hydrogens (tertiary/aromatic N) is 2. The van der Waals surface area contributed by atoms with E-state index in [1.165, 1.54) is 7.11 Å². The molecule has 1 N–H and O–H groups in total. The third-order valence-corrected chi connectivity index (χ3v) is 6.21. The minimum atomic E-state index is -4.05. The van der Waals surface area contributed by atoms with Crippen molar-refractivity contribution in [2.45, 2.75) is 36.9 Å². The van der Waals surface area contributed by atoms with Gasteiger partial charge in [0.25, 0.3) is 21.5 Å². The average Bonchev–Trinajstić information content (AvgIpc) is 2.84. The smallest absolute Gasteiger partial charge is 0.299 e. The topological polar surface area (TPSA) is 179 Å². The lowest BCUT2D eigenvalue weighted by atomic mass is 9.95. The Kier molecular flexibility index (Phi) is 7.49. The number of anilines is 1. The molecule has 0 aliphatic carbocycles. The summed E-state index contributed by atoms with van der Waals surface area (Å²) < 4.78 is 53.0. The van der Waals surface area contributed by atoms with Crippen LogP contribution in [0, 0.1) is 20.2 Å². The van der Waals surface area contributed by atoms with Crippen LogP contribution in [0.1, 0.15) is 11.9 Å². The highest BCUT2D eigenvalue weighted by Crippen LogP contribution is 2.38. The van der Waals surface area contributed by atoms with Crippen molar-refractivity contribution >= 4 is 27.2 Å². The Morgan fingerprint density at radius 1 is 1.06 bits per heavy atom. The van der Waals surface area contributed by atoms with Crippen molar-refractivity contribution in [3.63, 3.8) is 0 Å². The highest BCUT2D eigenvalue weighted by Gasteiger charge is 2.52. The molecular weight excluding hydrogens is 502 g/mol. The number of fused-ring (bicyclic) bond motifs is 1. The molecule has 2 aromatic carbocycles. The quantitative estimate of drug-likeness (QED) is 0.302. The van der Waals surface area contributed by atoms with Crippen molar-refractivity contribution < 1.29 is 41.4 Å². The van der Waals surface area contributed by atoms with E-state index in [4.69, 9.17) is 23.1 Å². The molecule has 0 unspecified atom stereocenters. The largest absolute Gasteiger partial charge is 0.369 e. The SMILES string of the molecule is CO[C@@H]1O[C@@H]2CO[C@H](c3ccccc3)O[C@H]2[C@H](OS(C)(=O)=O)[C@H]1Nc1ccc([N+](=O)[O-])cc1[N+](=O)[O-]. The molecule has 2 heterocycles. The van der Waals surface area contributed by atoms with Crippen molar-refractivity contribution in [3.8, 4) is 0 Å². The van der Waals surface area contributed by atoms with Crippen LogP contribution < -0.4 is 5.32 Å². The zero-order valence-corrected chi connectivity index (χ0v) is 19.9. The Labute approximate surface area is 205 Å². The molecule has 0 radical (unpaired) electrons. The van der Waals surface area contributed by atoms with Crippen LogP contribution >= 0.6 is 0 Å². The maximum atomic E-state index is 12.2. The van der Waals surface area contributed by atoms with Gasteiger partial charge >= 0.3 is 0 Å². The summed E-state index contributed by atoms with van der Waals surface area (Å²) in [5.74, 6) is 0. The van der Waals surface area contributed by atoms with E-state index < -0.39 is 68.3 Å². The lowest BCUT2D eigenvalue weighted by molar-refractivity contribution is -0.393. The number of methoxy groups -OCH3 is 1. The van der Waals surface area contributed by atoms with Gasteiger partial charge in [0.05, 0.1) is 28.8 Å². The Bertz CT molecular complexity index is 1230. The highest BCUT2D eigenvalue weighted by atomic mass is 32.2. The van der Waals surface area contributed by atoms with Gasteiger partial charge in [0.2, 0.25) is 0 Å². The van der Waals surface area contributed by atoms with Crippen molar-refractivity contribution in [1.82, 2.24) is 0 Å². The third kappa shape index (κ3) is 5.61. The van der Waals surface area contributed by atoms with Crippen molar-refractivity contribution in [3.05, 3.63) is 74.3 Å². The van der Waals surface area contributed by atoms with Gasteiger partial charge in [0, 0.05) is 18.7 Å². The molecule has 2 saturated heterocycles. The van der Waals surface area contributed by atoms with E-state index in [1.54, 1.807) is 24.3 Å². The Balaban J connectivity index is 1.71. The van der Waals surface area contributed by atoms with Gasteiger partial charge in [-0.05, 0) is 6.07 Å². The minimum Gasteiger partial charge on any atom is -0.369 e. The van der Waals surface area contributed by atoms with E-state index in [1.807, 2.05) is 6.07 Å². The zero-order valence-electron chi connectivity index (χ0n) is 19.1. The molecule has 2 fully saturated rings. The first-order chi connectivity index (χ1) is 17.1. The van der Waals surface area contributed by atoms with E-state index >= 15 is 0 Å². The Morgan fingerprint density at radius 3 is 2.39 bits per heavy atom. The van der Waals surface area contributed by atoms with Gasteiger partial charge in [0.1, 0.15) is 30.0 Å². The van der Waals surface area contributed by atoms with Gasteiger partial charge in [-0.25, -0.2) is 0 Å². The number of hydrogen-bond acceptors (Lipinski definition) is 12. The van der Waals surface area contributed by atoms with Crippen LogP contribution in [-0.2, 0) is 33.2 Å². The molecule has 0 bridgehead atoms. The fourth-order valence-corrected chi connectivity index (χ4v) is 4.74. The molecule has 4 rings (SSSR count). The summed E-state index contributed by atoms with van der Waals surface area (Å²) >= 11 is 0. The molecule has 0 amide bonds. The first-order valence-corrected chi connectivity index (χ1v) is 12.5. The molecule has 194 valence electrons. The molecule has 15 heteroatoms. The molecule has 0 spiro atoms. The van der Waals surface area contributed by atoms with Gasteiger partial charge in [-0.15, -0.1) is 0 Å². The van der Waals surface area contributed by atoms with Crippen LogP contribution in [0.2, 0.25) is 0 Å². The summed E-state index contributed by atoms with van der Waals surface area (Å²) in [6, 6.07) is 10.8. The second-order valence-electron chi connectivity index (χ2n) is 8.11. The van der Waals surface area contributed by atoms with Crippen molar-refractivity contribution in [2.75, 3.05) is 25.3 Å². The van der Waals surface area contributed by atoms with Crippen molar-refractivity contribution in [2.24, 2.45) is 0 Å². The van der Waals surface area contributed by atoms with Gasteiger partial charge in [-0.3, -0.25) is 24.4 Å². The Morgan fingerprint density at radius 2 is 1.78 bits per heavy atom. The van der Waals surface area contributed by atoms with Crippen LogP contribution in [-0.4, -0.2) is 68.9 Å². The van der Waals surface area contributed by atoms with Crippen molar-refractivity contribution in [1.29, 1.82) is 0 Å². The molecular formula is C21H23N3O11S. The number of benzene rings is 2. The van der Waals surface area contributed by atoms with E-state index in [0.717, 1.165) is 24.5 Å². The number of ether oxygens (including phenoxy) is 4. The highest BCUT2D eigenvalue weighted by molar-refractivity contribution is 7.86. The number of nitro benzene ring substituents is 2. The van der Waals surface area contributed by atoms with Crippen LogP contribution in [0.15, 0.2) is 48.5 Å². The van der Waals surface area contributed by atoms with Crippen LogP contribution in [0.25, 0.3) is 0 Å². The van der Waals surface area contributed by atoms with Gasteiger partial charge in [-0.1, -0.05) is 30.3 Å².